The number of amides is 1. The number of hydrogen-bond acceptors (Lipinski definition) is 8. The molecule has 1 aromatic heterocycles. The number of halogens is 1. The Kier molecular flexibility index (Phi) is 8.59. The number of hydrogen-bond donors (Lipinski definition) is 2. The predicted octanol–water partition coefficient (Wildman–Crippen LogP) is 2.98. The Morgan fingerprint density at radius 3 is 2.86 bits per heavy atom. The summed E-state index contributed by atoms with van der Waals surface area (Å²) in [6.45, 7) is 6.14. The normalized spacial score (nSPS) is 14.9. The second kappa shape index (κ2) is 11.6. The van der Waals surface area contributed by atoms with Crippen molar-refractivity contribution in [1.82, 2.24) is 14.3 Å². The minimum Gasteiger partial charge on any atom is -0.463 e. The SMILES string of the molecule is CC#CCOc1cnc(C(=O)Nc2ccc(F)c(C(C)(C)N=C(N)N3CCCCN=[S-]3=O)c2)cn1. The number of anilines is 1. The Balaban J connectivity index is 1.78. The Labute approximate surface area is 205 Å². The van der Waals surface area contributed by atoms with Crippen LogP contribution in [-0.4, -0.2) is 45.8 Å². The zero-order valence-corrected chi connectivity index (χ0v) is 20.6. The molecule has 1 aliphatic heterocycles. The standard InChI is InChI=1S/C23H27FN7O3S/c1-4-5-12-34-20-15-26-19(14-27-20)21(32)29-16-8-9-18(24)17(13-16)23(2,3)30-22(25)31-11-7-6-10-28-35(31)33/h8-9,13-15H,6-7,10-12H2,1-3H3,(H2,25,30)(H,29,32)/q-1. The number of nitrogens with two attached hydrogens (primary N) is 1. The lowest BCUT2D eigenvalue weighted by molar-refractivity contribution is 0.102. The van der Waals surface area contributed by atoms with Crippen molar-refractivity contribution in [1.29, 1.82) is 0 Å². The highest BCUT2D eigenvalue weighted by Gasteiger charge is 2.25. The summed E-state index contributed by atoms with van der Waals surface area (Å²) >= 11 is 0. The molecule has 2 heterocycles. The van der Waals surface area contributed by atoms with Crippen LogP contribution in [-0.2, 0) is 20.5 Å². The van der Waals surface area contributed by atoms with Gasteiger partial charge in [-0.3, -0.25) is 4.79 Å². The third-order valence-corrected chi connectivity index (χ3v) is 6.17. The summed E-state index contributed by atoms with van der Waals surface area (Å²) in [6.07, 6.45) is 4.17. The topological polar surface area (TPSA) is 135 Å². The third-order valence-electron chi connectivity index (χ3n) is 5.02. The van der Waals surface area contributed by atoms with Gasteiger partial charge in [-0.05, 0) is 51.8 Å². The molecular formula is C23H27FN7O3S-. The highest BCUT2D eigenvalue weighted by atomic mass is 32.2. The Morgan fingerprint density at radius 2 is 2.14 bits per heavy atom. The molecule has 12 heteroatoms. The lowest BCUT2D eigenvalue weighted by Gasteiger charge is -2.30. The van der Waals surface area contributed by atoms with Crippen LogP contribution in [0.4, 0.5) is 10.1 Å². The van der Waals surface area contributed by atoms with E-state index in [4.69, 9.17) is 10.5 Å². The summed E-state index contributed by atoms with van der Waals surface area (Å²) in [5.41, 5.74) is 5.59. The number of rotatable bonds is 6. The molecular weight excluding hydrogens is 473 g/mol. The molecule has 1 aliphatic rings. The summed E-state index contributed by atoms with van der Waals surface area (Å²) in [5.74, 6) is 4.62. The molecule has 0 saturated heterocycles. The number of carbonyl (C=O) groups excluding carboxylic acids is 1. The first-order valence-corrected chi connectivity index (χ1v) is 12.0. The van der Waals surface area contributed by atoms with Gasteiger partial charge >= 0.3 is 0 Å². The van der Waals surface area contributed by atoms with Crippen molar-refractivity contribution in [2.75, 3.05) is 25.0 Å². The van der Waals surface area contributed by atoms with E-state index in [1.54, 1.807) is 20.8 Å². The van der Waals surface area contributed by atoms with E-state index in [0.29, 0.717) is 18.8 Å². The number of ether oxygens (including phenoxy) is 1. The van der Waals surface area contributed by atoms with Crippen LogP contribution in [0.3, 0.4) is 0 Å². The van der Waals surface area contributed by atoms with Crippen LogP contribution in [0, 0.1) is 17.7 Å². The molecule has 0 fully saturated rings. The van der Waals surface area contributed by atoms with Gasteiger partial charge in [0.15, 0.2) is 12.6 Å². The first-order chi connectivity index (χ1) is 16.7. The molecule has 2 aromatic rings. The van der Waals surface area contributed by atoms with Crippen LogP contribution in [0.25, 0.3) is 0 Å². The molecule has 3 N–H and O–H groups in total. The van der Waals surface area contributed by atoms with E-state index >= 15 is 0 Å². The van der Waals surface area contributed by atoms with Gasteiger partial charge in [0, 0.05) is 24.3 Å². The zero-order valence-electron chi connectivity index (χ0n) is 19.7. The predicted molar refractivity (Wildman–Crippen MR) is 131 cm³/mol. The van der Waals surface area contributed by atoms with Crippen molar-refractivity contribution in [3.05, 3.63) is 47.7 Å². The summed E-state index contributed by atoms with van der Waals surface area (Å²) in [7, 11) is -1.64. The fourth-order valence-corrected chi connectivity index (χ4v) is 4.12. The summed E-state index contributed by atoms with van der Waals surface area (Å²) in [5, 5.41) is 2.68. The lowest BCUT2D eigenvalue weighted by atomic mass is 9.94. The van der Waals surface area contributed by atoms with Crippen molar-refractivity contribution in [2.24, 2.45) is 15.1 Å². The maximum absolute atomic E-state index is 14.8. The molecule has 0 spiro atoms. The van der Waals surface area contributed by atoms with Crippen molar-refractivity contribution < 1.29 is 18.1 Å². The summed E-state index contributed by atoms with van der Waals surface area (Å²) < 4.78 is 37.8. The van der Waals surface area contributed by atoms with Gasteiger partial charge < -0.3 is 28.7 Å². The molecule has 35 heavy (non-hydrogen) atoms. The van der Waals surface area contributed by atoms with Crippen LogP contribution in [0.5, 0.6) is 5.88 Å². The fourth-order valence-electron chi connectivity index (χ4n) is 3.21. The Hall–Kier alpha value is -3.72. The number of aliphatic imine (C=N–C) groups is 1. The smallest absolute Gasteiger partial charge is 0.275 e. The van der Waals surface area contributed by atoms with E-state index in [0.717, 1.165) is 12.8 Å². The van der Waals surface area contributed by atoms with Crippen LogP contribution < -0.4 is 15.8 Å². The molecule has 1 amide bonds. The van der Waals surface area contributed by atoms with Gasteiger partial charge in [-0.25, -0.2) is 19.4 Å². The van der Waals surface area contributed by atoms with Crippen molar-refractivity contribution in [3.8, 4) is 17.7 Å². The minimum absolute atomic E-state index is 0.00956. The molecule has 10 nitrogen and oxygen atoms in total. The van der Waals surface area contributed by atoms with Gasteiger partial charge in [-0.1, -0.05) is 16.7 Å². The van der Waals surface area contributed by atoms with Crippen LogP contribution in [0.1, 0.15) is 49.7 Å². The molecule has 0 bridgehead atoms. The van der Waals surface area contributed by atoms with Crippen LogP contribution in [0.2, 0.25) is 0 Å². The first-order valence-electron chi connectivity index (χ1n) is 10.9. The van der Waals surface area contributed by atoms with Crippen molar-refractivity contribution in [3.63, 3.8) is 0 Å². The second-order valence-electron chi connectivity index (χ2n) is 8.03. The van der Waals surface area contributed by atoms with E-state index in [9.17, 15) is 13.4 Å². The summed E-state index contributed by atoms with van der Waals surface area (Å²) in [6, 6.07) is 4.13. The van der Waals surface area contributed by atoms with Crippen LogP contribution >= 0.6 is 0 Å². The number of nitrogens with zero attached hydrogens (tertiary/aromatic N) is 5. The van der Waals surface area contributed by atoms with Gasteiger partial charge in [-0.2, -0.15) is 0 Å². The van der Waals surface area contributed by atoms with E-state index < -0.39 is 28.0 Å². The Morgan fingerprint density at radius 1 is 1.34 bits per heavy atom. The lowest BCUT2D eigenvalue weighted by Crippen LogP contribution is -2.38. The summed E-state index contributed by atoms with van der Waals surface area (Å²) in [4.78, 5) is 25.1. The molecule has 0 saturated carbocycles. The van der Waals surface area contributed by atoms with E-state index in [2.05, 4.69) is 36.5 Å². The number of benzene rings is 1. The van der Waals surface area contributed by atoms with E-state index in [-0.39, 0.29) is 29.7 Å². The van der Waals surface area contributed by atoms with Gasteiger partial charge in [0.25, 0.3) is 5.91 Å². The molecule has 0 aliphatic carbocycles. The number of carbonyl (C=O) groups is 1. The van der Waals surface area contributed by atoms with Crippen molar-refractivity contribution >= 4 is 28.3 Å². The van der Waals surface area contributed by atoms with Gasteiger partial charge in [0.2, 0.25) is 5.88 Å². The van der Waals surface area contributed by atoms with E-state index in [1.807, 2.05) is 0 Å². The number of nitrogens with one attached hydrogen (secondary N) is 1. The number of guanidine groups is 1. The highest BCUT2D eigenvalue weighted by molar-refractivity contribution is 7.72. The average molecular weight is 501 g/mol. The molecule has 3 rings (SSSR count). The maximum atomic E-state index is 14.8. The fraction of sp³-hybridized carbons (Fsp3) is 0.391. The molecule has 0 atom stereocenters. The maximum Gasteiger partial charge on any atom is 0.275 e. The first kappa shape index (κ1) is 25.9. The molecule has 0 unspecified atom stereocenters. The quantitative estimate of drug-likeness (QED) is 0.271. The second-order valence-corrected chi connectivity index (χ2v) is 9.19. The van der Waals surface area contributed by atoms with Crippen LogP contribution in [0.15, 0.2) is 39.9 Å². The largest absolute Gasteiger partial charge is 0.463 e. The average Bonchev–Trinajstić information content (AvgIpc) is 3.04. The van der Waals surface area contributed by atoms with Gasteiger partial charge in [0.1, 0.15) is 11.5 Å². The minimum atomic E-state index is -1.64. The molecule has 186 valence electrons. The van der Waals surface area contributed by atoms with E-state index in [1.165, 1.54) is 34.9 Å². The Bertz CT molecular complexity index is 1250. The molecule has 0 radical (unpaired) electrons. The monoisotopic (exact) mass is 500 g/mol. The third kappa shape index (κ3) is 6.89. The van der Waals surface area contributed by atoms with Gasteiger partial charge in [0.05, 0.1) is 17.9 Å². The molecule has 1 aromatic carbocycles. The zero-order chi connectivity index (χ0) is 25.4. The van der Waals surface area contributed by atoms with Gasteiger partial charge in [-0.15, -0.1) is 5.92 Å². The highest BCUT2D eigenvalue weighted by Crippen LogP contribution is 2.30. The number of aromatic nitrogens is 2. The van der Waals surface area contributed by atoms with Crippen molar-refractivity contribution in [2.45, 2.75) is 39.2 Å².